The van der Waals surface area contributed by atoms with Crippen LogP contribution in [0.5, 0.6) is 0 Å². The lowest BCUT2D eigenvalue weighted by Crippen LogP contribution is -2.76. The number of likely N-dealkylation sites (tertiary alicyclic amines) is 8. The Bertz CT molecular complexity index is 3070. The maximum Gasteiger partial charge on any atom is 0.225 e. The number of piperidine rings is 4. The summed E-state index contributed by atoms with van der Waals surface area (Å²) in [5.74, 6) is 2.31. The lowest BCUT2D eigenvalue weighted by molar-refractivity contribution is -0.166. The third-order valence-electron chi connectivity index (χ3n) is 26.6. The van der Waals surface area contributed by atoms with Crippen LogP contribution in [0.1, 0.15) is 279 Å². The number of carbonyl (C=O) groups is 1. The molecule has 114 heavy (non-hydrogen) atoms. The van der Waals surface area contributed by atoms with E-state index < -0.39 is 0 Å². The molecule has 0 radical (unpaired) electrons. The van der Waals surface area contributed by atoms with Crippen LogP contribution in [-0.2, 0) is 11.2 Å². The van der Waals surface area contributed by atoms with E-state index in [-0.39, 0.29) is 17.0 Å². The van der Waals surface area contributed by atoms with E-state index in [2.05, 4.69) is 333 Å². The molecule has 2 aromatic rings. The maximum atomic E-state index is 12.8. The highest BCUT2D eigenvalue weighted by atomic mass is 16.2. The third kappa shape index (κ3) is 30.5. The Balaban J connectivity index is 0.000000178. The monoisotopic (exact) mass is 1590 g/mol. The van der Waals surface area contributed by atoms with Gasteiger partial charge in [0.25, 0.3) is 0 Å². The van der Waals surface area contributed by atoms with Crippen LogP contribution in [0, 0.1) is 55.7 Å². The summed E-state index contributed by atoms with van der Waals surface area (Å²) in [6, 6.07) is 11.7. The number of hydrogen-bond donors (Lipinski definition) is 1. The maximum absolute atomic E-state index is 12.8. The van der Waals surface area contributed by atoms with E-state index in [0.29, 0.717) is 66.5 Å². The van der Waals surface area contributed by atoms with Gasteiger partial charge in [-0.1, -0.05) is 142 Å². The minimum absolute atomic E-state index is 0.139. The lowest BCUT2D eigenvalue weighted by Gasteiger charge is -2.66. The number of aromatic nitrogens is 2. The Morgan fingerprint density at radius 3 is 1.13 bits per heavy atom. The predicted molar refractivity (Wildman–Crippen MR) is 489 cm³/mol. The van der Waals surface area contributed by atoms with Gasteiger partial charge in [-0.2, -0.15) is 0 Å². The van der Waals surface area contributed by atoms with Gasteiger partial charge in [0.05, 0.1) is 12.0 Å². The second-order valence-corrected chi connectivity index (χ2v) is 50.1. The highest BCUT2D eigenvalue weighted by Gasteiger charge is 2.57. The van der Waals surface area contributed by atoms with Gasteiger partial charge < -0.3 is 34.4 Å². The van der Waals surface area contributed by atoms with Gasteiger partial charge in [-0.15, -0.1) is 0 Å². The molecule has 10 aliphatic heterocycles. The number of nitrogens with one attached hydrogen (secondary N) is 1. The largest absolute Gasteiger partial charge is 0.340 e. The first kappa shape index (κ1) is 96.9. The fourth-order valence-corrected chi connectivity index (χ4v) is 20.6. The number of benzene rings is 1. The molecule has 16 nitrogen and oxygen atoms in total. The first-order chi connectivity index (χ1) is 52.2. The van der Waals surface area contributed by atoms with Gasteiger partial charge in [-0.05, 0) is 239 Å². The molecule has 12 rings (SSSR count). The molecule has 2 spiro atoms. The lowest BCUT2D eigenvalue weighted by atomic mass is 9.69. The van der Waals surface area contributed by atoms with E-state index in [4.69, 9.17) is 0 Å². The highest BCUT2D eigenvalue weighted by Crippen LogP contribution is 2.47. The van der Waals surface area contributed by atoms with Crippen molar-refractivity contribution in [2.45, 2.75) is 325 Å². The molecule has 0 saturated carbocycles. The molecule has 1 aromatic heterocycles. The number of hydrogen-bond acceptors (Lipinski definition) is 14. The van der Waals surface area contributed by atoms with Crippen molar-refractivity contribution in [2.24, 2.45) is 55.7 Å². The normalized spacial score (nSPS) is 25.9. The number of carbonyl (C=O) groups excluding carboxylic acids is 1. The van der Waals surface area contributed by atoms with Gasteiger partial charge in [0, 0.05) is 231 Å². The van der Waals surface area contributed by atoms with Crippen LogP contribution in [-0.4, -0.2) is 310 Å². The molecule has 658 valence electrons. The molecule has 0 bridgehead atoms. The Morgan fingerprint density at radius 2 is 0.781 bits per heavy atom. The van der Waals surface area contributed by atoms with E-state index in [1.54, 1.807) is 0 Å². The van der Waals surface area contributed by atoms with Crippen molar-refractivity contribution in [3.8, 4) is 11.3 Å². The van der Waals surface area contributed by atoms with Crippen molar-refractivity contribution in [1.29, 1.82) is 0 Å². The molecule has 10 aliphatic rings. The summed E-state index contributed by atoms with van der Waals surface area (Å²) in [7, 11) is 0. The van der Waals surface area contributed by atoms with Gasteiger partial charge in [-0.3, -0.25) is 39.1 Å². The Hall–Kier alpha value is -2.58. The van der Waals surface area contributed by atoms with Gasteiger partial charge in [0.2, 0.25) is 5.91 Å². The molecule has 1 amide bonds. The van der Waals surface area contributed by atoms with Crippen molar-refractivity contribution >= 4 is 5.91 Å². The first-order valence-corrected chi connectivity index (χ1v) is 46.5. The van der Waals surface area contributed by atoms with Crippen molar-refractivity contribution in [3.05, 3.63) is 42.4 Å². The summed E-state index contributed by atoms with van der Waals surface area (Å²) in [5.41, 5.74) is 8.26. The zero-order chi connectivity index (χ0) is 85.0. The van der Waals surface area contributed by atoms with E-state index in [1.807, 2.05) is 6.33 Å². The number of imidazole rings is 1. The molecule has 2 unspecified atom stereocenters. The molecule has 5 atom stereocenters. The summed E-state index contributed by atoms with van der Waals surface area (Å²) in [5, 5.41) is 3.55. The van der Waals surface area contributed by atoms with Gasteiger partial charge in [-0.25, -0.2) is 4.98 Å². The summed E-state index contributed by atoms with van der Waals surface area (Å²) in [4.78, 5) is 48.9. The van der Waals surface area contributed by atoms with E-state index in [9.17, 15) is 4.79 Å². The number of nitrogens with zero attached hydrogens (tertiary/aromatic N) is 14. The van der Waals surface area contributed by atoms with Crippen LogP contribution < -0.4 is 5.32 Å². The first-order valence-electron chi connectivity index (χ1n) is 46.5. The molecule has 1 N–H and O–H groups in total. The third-order valence-corrected chi connectivity index (χ3v) is 26.6. The minimum Gasteiger partial charge on any atom is -0.340 e. The minimum atomic E-state index is 0.139. The Kier molecular flexibility index (Phi) is 32.7. The average molecular weight is 1590 g/mol. The van der Waals surface area contributed by atoms with Crippen LogP contribution in [0.4, 0.5) is 0 Å². The van der Waals surface area contributed by atoms with E-state index >= 15 is 0 Å². The standard InChI is InChI=1S/C21H33N3.2C20H39N3.C19H37N3O.C18H37N3/c1-16(13-23-21(5,6)7)24-14-19(22-15-24)18-10-8-17(9-11-18)12-20(2,3)4;2*1-16-10-21(11-18(2,3)4)9-8-17(16)22-12-20(13-22)14-23(15-20)19(5,6)7;1-18(2,3)15-20-9-7-16(8-10-20)17(23)21-11-13-22(14-12-21)19(4,5)6;1-17(2,3)15-19-9-7-16(8-10-19)20-11-13-21(14-12-20)18(4,5)6/h8-11,14-16,23H,12-13H2,1-7H3;2*16-17H,8-15H2,1-7H3;16H,7-15H2,1-6H3;16H,7-15H2,1-6H3/t16-;2*16-,17?;;/m110../s1. The molecule has 10 saturated heterocycles. The number of rotatable bonds is 13. The molecule has 11 heterocycles. The van der Waals surface area contributed by atoms with Crippen LogP contribution in [0.25, 0.3) is 11.3 Å². The summed E-state index contributed by atoms with van der Waals surface area (Å²) < 4.78 is 2.19. The van der Waals surface area contributed by atoms with Crippen LogP contribution >= 0.6 is 0 Å². The fraction of sp³-hybridized carbons (Fsp3) is 0.898. The van der Waals surface area contributed by atoms with Crippen molar-refractivity contribution in [1.82, 2.24) is 73.7 Å². The van der Waals surface area contributed by atoms with Gasteiger partial charge in [0.1, 0.15) is 0 Å². The predicted octanol–water partition coefficient (Wildman–Crippen LogP) is 17.0. The van der Waals surface area contributed by atoms with E-state index in [1.165, 1.54) is 174 Å². The van der Waals surface area contributed by atoms with Crippen LogP contribution in [0.15, 0.2) is 36.8 Å². The van der Waals surface area contributed by atoms with Gasteiger partial charge in [0.15, 0.2) is 0 Å². The summed E-state index contributed by atoms with van der Waals surface area (Å²) in [6.07, 6.45) is 12.7. The van der Waals surface area contributed by atoms with Crippen molar-refractivity contribution < 1.29 is 4.79 Å². The van der Waals surface area contributed by atoms with Crippen LogP contribution in [0.2, 0.25) is 0 Å². The molecular weight excluding hydrogens is 1400 g/mol. The molecule has 0 aliphatic carbocycles. The Morgan fingerprint density at radius 1 is 0.421 bits per heavy atom. The number of piperazine rings is 2. The zero-order valence-electron chi connectivity index (χ0n) is 81.1. The topological polar surface area (TPSA) is 85.8 Å². The van der Waals surface area contributed by atoms with E-state index in [0.717, 1.165) is 107 Å². The Labute approximate surface area is 704 Å². The smallest absolute Gasteiger partial charge is 0.225 e. The van der Waals surface area contributed by atoms with Crippen LogP contribution in [0.3, 0.4) is 0 Å². The SMILES string of the molecule is CC(C)(C)CN1CCC(C(=O)N2CCN(C(C)(C)C)CC2)CC1.CC(C)(C)CN1CCC(N2CCN(C(C)(C)C)CC2)CC1.C[C@@H]1CN(CC(C)(C)C)CCC1N1CC2(C1)CN(C(C)(C)C)C2.C[C@H](CNC(C)(C)C)n1cnc(-c2ccc(CC(C)(C)C)cc2)c1.C[C@H]1CN(CC(C)(C)C)CCC1N1CC2(C1)CN(C(C)(C)C)C2. The highest BCUT2D eigenvalue weighted by molar-refractivity contribution is 5.79. The summed E-state index contributed by atoms with van der Waals surface area (Å²) >= 11 is 0. The van der Waals surface area contributed by atoms with Crippen molar-refractivity contribution in [2.75, 3.05) is 190 Å². The molecule has 16 heteroatoms. The second-order valence-electron chi connectivity index (χ2n) is 50.1. The quantitative estimate of drug-likeness (QED) is 0.207. The molecular formula is C98H185N15O. The fourth-order valence-electron chi connectivity index (χ4n) is 20.6. The average Bonchev–Trinajstić information content (AvgIpc) is 0.759. The number of amides is 1. The van der Waals surface area contributed by atoms with Gasteiger partial charge >= 0.3 is 0 Å². The summed E-state index contributed by atoms with van der Waals surface area (Å²) in [6.45, 7) is 112. The molecule has 10 fully saturated rings. The zero-order valence-corrected chi connectivity index (χ0v) is 81.1. The second kappa shape index (κ2) is 38.5. The van der Waals surface area contributed by atoms with Crippen molar-refractivity contribution in [3.63, 3.8) is 0 Å². The molecule has 1 aromatic carbocycles.